The van der Waals surface area contributed by atoms with Gasteiger partial charge in [0.2, 0.25) is 0 Å². The molecule has 0 atom stereocenters. The summed E-state index contributed by atoms with van der Waals surface area (Å²) in [5.74, 6) is 0. The molecule has 1 aromatic rings. The van der Waals surface area contributed by atoms with E-state index in [1.165, 1.54) is 24.0 Å². The molecule has 0 amide bonds. The number of hydrogen-bond donors (Lipinski definition) is 1. The molecule has 1 N–H and O–H groups in total. The quantitative estimate of drug-likeness (QED) is 0.774. The Balaban J connectivity index is 1.35. The lowest BCUT2D eigenvalue weighted by atomic mass is 10.2. The second-order valence-corrected chi connectivity index (χ2v) is 6.44. The molecule has 1 aliphatic carbocycles. The molecule has 2 aliphatic rings. The molecule has 2 fully saturated rings. The first-order valence-corrected chi connectivity index (χ1v) is 8.18. The molecule has 1 saturated carbocycles. The minimum absolute atomic E-state index is 0.782. The average Bonchev–Trinajstić information content (AvgIpc) is 3.33. The Morgan fingerprint density at radius 1 is 1.05 bits per heavy atom. The SMILES string of the molecule is C=C(CNC1CC1)CN1CCN(Cc2ccccc2)CC1. The number of piperazine rings is 1. The number of nitrogens with one attached hydrogen (secondary N) is 1. The van der Waals surface area contributed by atoms with Crippen molar-refractivity contribution in [3.63, 3.8) is 0 Å². The third-order valence-corrected chi connectivity index (χ3v) is 4.38. The third kappa shape index (κ3) is 4.95. The fraction of sp³-hybridized carbons (Fsp3) is 0.556. The highest BCUT2D eigenvalue weighted by molar-refractivity contribution is 5.14. The molecule has 0 bridgehead atoms. The van der Waals surface area contributed by atoms with Crippen LogP contribution in [0.1, 0.15) is 18.4 Å². The summed E-state index contributed by atoms with van der Waals surface area (Å²) in [7, 11) is 0. The molecule has 0 radical (unpaired) electrons. The Hall–Kier alpha value is -1.16. The lowest BCUT2D eigenvalue weighted by Gasteiger charge is -2.35. The second kappa shape index (κ2) is 7.21. The van der Waals surface area contributed by atoms with Crippen LogP contribution in [-0.4, -0.2) is 55.1 Å². The summed E-state index contributed by atoms with van der Waals surface area (Å²) < 4.78 is 0. The van der Waals surface area contributed by atoms with Crippen LogP contribution in [0, 0.1) is 0 Å². The van der Waals surface area contributed by atoms with Crippen LogP contribution in [0.5, 0.6) is 0 Å². The van der Waals surface area contributed by atoms with E-state index in [2.05, 4.69) is 52.0 Å². The van der Waals surface area contributed by atoms with Crippen molar-refractivity contribution < 1.29 is 0 Å². The number of rotatable bonds is 7. The van der Waals surface area contributed by atoms with Crippen molar-refractivity contribution in [2.24, 2.45) is 0 Å². The molecule has 0 aromatic heterocycles. The molecular formula is C18H27N3. The van der Waals surface area contributed by atoms with Gasteiger partial charge in [-0.3, -0.25) is 9.80 Å². The number of nitrogens with zero attached hydrogens (tertiary/aromatic N) is 2. The van der Waals surface area contributed by atoms with Gasteiger partial charge in [-0.25, -0.2) is 0 Å². The largest absolute Gasteiger partial charge is 0.310 e. The highest BCUT2D eigenvalue weighted by atomic mass is 15.3. The Bertz CT molecular complexity index is 445. The van der Waals surface area contributed by atoms with Gasteiger partial charge < -0.3 is 5.32 Å². The zero-order chi connectivity index (χ0) is 14.5. The van der Waals surface area contributed by atoms with E-state index in [4.69, 9.17) is 0 Å². The second-order valence-electron chi connectivity index (χ2n) is 6.44. The molecule has 0 spiro atoms. The zero-order valence-electron chi connectivity index (χ0n) is 12.9. The highest BCUT2D eigenvalue weighted by Crippen LogP contribution is 2.18. The molecule has 3 heteroatoms. The molecule has 114 valence electrons. The van der Waals surface area contributed by atoms with Gasteiger partial charge in [0.25, 0.3) is 0 Å². The first-order chi connectivity index (χ1) is 10.3. The summed E-state index contributed by atoms with van der Waals surface area (Å²) in [6.45, 7) is 12.0. The van der Waals surface area contributed by atoms with E-state index in [0.29, 0.717) is 0 Å². The molecule has 1 aromatic carbocycles. The van der Waals surface area contributed by atoms with Crippen molar-refractivity contribution in [1.82, 2.24) is 15.1 Å². The first-order valence-electron chi connectivity index (χ1n) is 8.18. The zero-order valence-corrected chi connectivity index (χ0v) is 12.9. The topological polar surface area (TPSA) is 18.5 Å². The van der Waals surface area contributed by atoms with Crippen LogP contribution in [0.15, 0.2) is 42.5 Å². The van der Waals surface area contributed by atoms with Gasteiger partial charge in [0, 0.05) is 51.9 Å². The molecule has 0 unspecified atom stereocenters. The van der Waals surface area contributed by atoms with Crippen LogP contribution in [0.2, 0.25) is 0 Å². The predicted molar refractivity (Wildman–Crippen MR) is 88.3 cm³/mol. The Kier molecular flexibility index (Phi) is 5.07. The van der Waals surface area contributed by atoms with E-state index < -0.39 is 0 Å². The van der Waals surface area contributed by atoms with E-state index in [9.17, 15) is 0 Å². The van der Waals surface area contributed by atoms with Crippen LogP contribution in [0.4, 0.5) is 0 Å². The fourth-order valence-electron chi connectivity index (χ4n) is 2.90. The van der Waals surface area contributed by atoms with Crippen LogP contribution < -0.4 is 5.32 Å². The van der Waals surface area contributed by atoms with Crippen molar-refractivity contribution in [3.05, 3.63) is 48.0 Å². The summed E-state index contributed by atoms with van der Waals surface area (Å²) in [5.41, 5.74) is 2.75. The van der Waals surface area contributed by atoms with Crippen molar-refractivity contribution in [3.8, 4) is 0 Å². The van der Waals surface area contributed by atoms with Crippen LogP contribution in [0.3, 0.4) is 0 Å². The van der Waals surface area contributed by atoms with Crippen LogP contribution in [-0.2, 0) is 6.54 Å². The summed E-state index contributed by atoms with van der Waals surface area (Å²) in [6.07, 6.45) is 2.71. The van der Waals surface area contributed by atoms with Gasteiger partial charge in [-0.05, 0) is 24.0 Å². The molecular weight excluding hydrogens is 258 g/mol. The number of benzene rings is 1. The highest BCUT2D eigenvalue weighted by Gasteiger charge is 2.21. The summed E-state index contributed by atoms with van der Waals surface area (Å²) in [5, 5.41) is 3.55. The van der Waals surface area contributed by atoms with E-state index in [0.717, 1.165) is 51.9 Å². The summed E-state index contributed by atoms with van der Waals surface area (Å²) in [6, 6.07) is 11.6. The van der Waals surface area contributed by atoms with E-state index in [1.54, 1.807) is 0 Å². The summed E-state index contributed by atoms with van der Waals surface area (Å²) in [4.78, 5) is 5.09. The smallest absolute Gasteiger partial charge is 0.0234 e. The van der Waals surface area contributed by atoms with Gasteiger partial charge in [0.05, 0.1) is 0 Å². The van der Waals surface area contributed by atoms with Crippen molar-refractivity contribution in [1.29, 1.82) is 0 Å². The minimum Gasteiger partial charge on any atom is -0.310 e. The van der Waals surface area contributed by atoms with Gasteiger partial charge in [-0.15, -0.1) is 0 Å². The lowest BCUT2D eigenvalue weighted by Crippen LogP contribution is -2.46. The molecule has 21 heavy (non-hydrogen) atoms. The van der Waals surface area contributed by atoms with E-state index in [-0.39, 0.29) is 0 Å². The van der Waals surface area contributed by atoms with E-state index >= 15 is 0 Å². The van der Waals surface area contributed by atoms with Crippen molar-refractivity contribution in [2.45, 2.75) is 25.4 Å². The van der Waals surface area contributed by atoms with Gasteiger partial charge in [-0.2, -0.15) is 0 Å². The summed E-state index contributed by atoms with van der Waals surface area (Å²) >= 11 is 0. The van der Waals surface area contributed by atoms with Gasteiger partial charge in [0.15, 0.2) is 0 Å². The van der Waals surface area contributed by atoms with Gasteiger partial charge >= 0.3 is 0 Å². The Morgan fingerprint density at radius 2 is 1.71 bits per heavy atom. The third-order valence-electron chi connectivity index (χ3n) is 4.38. The maximum absolute atomic E-state index is 4.22. The normalized spacial score (nSPS) is 20.6. The monoisotopic (exact) mass is 285 g/mol. The standard InChI is InChI=1S/C18H27N3/c1-16(13-19-18-7-8-18)14-20-9-11-21(12-10-20)15-17-5-3-2-4-6-17/h2-6,18-19H,1,7-15H2. The molecule has 3 nitrogen and oxygen atoms in total. The van der Waals surface area contributed by atoms with Crippen molar-refractivity contribution in [2.75, 3.05) is 39.3 Å². The minimum atomic E-state index is 0.782. The van der Waals surface area contributed by atoms with E-state index in [1.807, 2.05) is 0 Å². The molecule has 1 saturated heterocycles. The van der Waals surface area contributed by atoms with Crippen LogP contribution >= 0.6 is 0 Å². The fourth-order valence-corrected chi connectivity index (χ4v) is 2.90. The van der Waals surface area contributed by atoms with Crippen molar-refractivity contribution >= 4 is 0 Å². The molecule has 1 aliphatic heterocycles. The number of hydrogen-bond acceptors (Lipinski definition) is 3. The maximum atomic E-state index is 4.22. The first kappa shape index (κ1) is 14.8. The Labute approximate surface area is 128 Å². The molecule has 3 rings (SSSR count). The maximum Gasteiger partial charge on any atom is 0.0234 e. The van der Waals surface area contributed by atoms with Gasteiger partial charge in [-0.1, -0.05) is 36.9 Å². The van der Waals surface area contributed by atoms with Crippen LogP contribution in [0.25, 0.3) is 0 Å². The van der Waals surface area contributed by atoms with Gasteiger partial charge in [0.1, 0.15) is 0 Å². The average molecular weight is 285 g/mol. The molecule has 1 heterocycles. The Morgan fingerprint density at radius 3 is 2.38 bits per heavy atom. The lowest BCUT2D eigenvalue weighted by molar-refractivity contribution is 0.134. The predicted octanol–water partition coefficient (Wildman–Crippen LogP) is 2.11.